The van der Waals surface area contributed by atoms with Crippen LogP contribution in [0.5, 0.6) is 0 Å². The van der Waals surface area contributed by atoms with Crippen LogP contribution in [0.4, 0.5) is 5.69 Å². The van der Waals surface area contributed by atoms with Crippen LogP contribution in [0.25, 0.3) is 0 Å². The molecule has 0 aliphatic carbocycles. The quantitative estimate of drug-likeness (QED) is 0.929. The molecule has 3 nitrogen and oxygen atoms in total. The van der Waals surface area contributed by atoms with Crippen LogP contribution in [-0.2, 0) is 6.54 Å². The minimum Gasteiger partial charge on any atom is -0.387 e. The van der Waals surface area contributed by atoms with Crippen molar-refractivity contribution in [2.24, 2.45) is 0 Å². The maximum absolute atomic E-state index is 12.7. The van der Waals surface area contributed by atoms with Crippen molar-refractivity contribution in [1.29, 1.82) is 0 Å². The number of amides is 1. The Labute approximate surface area is 126 Å². The predicted octanol–water partition coefficient (Wildman–Crippen LogP) is 3.62. The first kappa shape index (κ1) is 15.1. The summed E-state index contributed by atoms with van der Waals surface area (Å²) in [6.45, 7) is 4.67. The van der Waals surface area contributed by atoms with Gasteiger partial charge in [-0.1, -0.05) is 41.5 Å². The number of nitrogens with one attached hydrogen (secondary N) is 1. The molecule has 0 heterocycles. The van der Waals surface area contributed by atoms with Gasteiger partial charge in [0.25, 0.3) is 5.91 Å². The number of hydrogen-bond acceptors (Lipinski definition) is 2. The standard InChI is InChI=1S/C18H22N2O/c1-13-6-5-7-15(10-13)12-20(4)18(21)16-11-14(2)8-9-17(16)19-3/h5-11,19H,12H2,1-4H3. The Bertz CT molecular complexity index is 649. The molecule has 0 aliphatic rings. The van der Waals surface area contributed by atoms with Gasteiger partial charge in [-0.05, 0) is 31.5 Å². The summed E-state index contributed by atoms with van der Waals surface area (Å²) in [6, 6.07) is 14.1. The Hall–Kier alpha value is -2.29. The minimum atomic E-state index is 0.0320. The Balaban J connectivity index is 2.21. The fourth-order valence-corrected chi connectivity index (χ4v) is 2.41. The third-order valence-corrected chi connectivity index (χ3v) is 3.52. The van der Waals surface area contributed by atoms with Gasteiger partial charge in [0.2, 0.25) is 0 Å². The molecule has 2 aromatic rings. The highest BCUT2D eigenvalue weighted by Crippen LogP contribution is 2.19. The zero-order valence-corrected chi connectivity index (χ0v) is 13.1. The molecule has 3 heteroatoms. The van der Waals surface area contributed by atoms with Crippen molar-refractivity contribution in [1.82, 2.24) is 4.90 Å². The maximum Gasteiger partial charge on any atom is 0.256 e. The van der Waals surface area contributed by atoms with Crippen LogP contribution in [0.3, 0.4) is 0 Å². The third kappa shape index (κ3) is 3.63. The van der Waals surface area contributed by atoms with E-state index in [2.05, 4.69) is 24.4 Å². The molecule has 0 saturated carbocycles. The molecule has 21 heavy (non-hydrogen) atoms. The van der Waals surface area contributed by atoms with Crippen LogP contribution in [0.15, 0.2) is 42.5 Å². The van der Waals surface area contributed by atoms with Crippen molar-refractivity contribution in [3.63, 3.8) is 0 Å². The first-order valence-corrected chi connectivity index (χ1v) is 7.10. The van der Waals surface area contributed by atoms with Gasteiger partial charge in [0.05, 0.1) is 5.56 Å². The SMILES string of the molecule is CNc1ccc(C)cc1C(=O)N(C)Cc1cccc(C)c1. The number of nitrogens with zero attached hydrogens (tertiary/aromatic N) is 1. The molecule has 0 fully saturated rings. The van der Waals surface area contributed by atoms with Crippen molar-refractivity contribution >= 4 is 11.6 Å². The lowest BCUT2D eigenvalue weighted by molar-refractivity contribution is 0.0786. The molecule has 0 spiro atoms. The molecule has 0 atom stereocenters. The number of carbonyl (C=O) groups is 1. The molecule has 0 saturated heterocycles. The first-order chi connectivity index (χ1) is 10.0. The first-order valence-electron chi connectivity index (χ1n) is 7.10. The molecule has 0 bridgehead atoms. The summed E-state index contributed by atoms with van der Waals surface area (Å²) in [4.78, 5) is 14.4. The Morgan fingerprint density at radius 1 is 1.10 bits per heavy atom. The van der Waals surface area contributed by atoms with Crippen LogP contribution in [0.2, 0.25) is 0 Å². The highest BCUT2D eigenvalue weighted by molar-refractivity contribution is 5.99. The molecule has 0 unspecified atom stereocenters. The largest absolute Gasteiger partial charge is 0.387 e. The van der Waals surface area contributed by atoms with E-state index in [1.54, 1.807) is 4.90 Å². The van der Waals surface area contributed by atoms with E-state index < -0.39 is 0 Å². The molecule has 0 aromatic heterocycles. The molecule has 0 aliphatic heterocycles. The van der Waals surface area contributed by atoms with E-state index in [4.69, 9.17) is 0 Å². The number of benzene rings is 2. The van der Waals surface area contributed by atoms with E-state index in [0.717, 1.165) is 16.8 Å². The van der Waals surface area contributed by atoms with Gasteiger partial charge < -0.3 is 10.2 Å². The van der Waals surface area contributed by atoms with Crippen LogP contribution < -0.4 is 5.32 Å². The normalized spacial score (nSPS) is 10.3. The lowest BCUT2D eigenvalue weighted by Gasteiger charge is -2.19. The summed E-state index contributed by atoms with van der Waals surface area (Å²) in [6.07, 6.45) is 0. The average molecular weight is 282 g/mol. The Kier molecular flexibility index (Phi) is 4.63. The van der Waals surface area contributed by atoms with Gasteiger partial charge in [0.15, 0.2) is 0 Å². The second kappa shape index (κ2) is 6.44. The molecular formula is C18H22N2O. The van der Waals surface area contributed by atoms with Crippen molar-refractivity contribution in [3.8, 4) is 0 Å². The Morgan fingerprint density at radius 2 is 1.81 bits per heavy atom. The monoisotopic (exact) mass is 282 g/mol. The van der Waals surface area contributed by atoms with Gasteiger partial charge in [0.1, 0.15) is 0 Å². The summed E-state index contributed by atoms with van der Waals surface area (Å²) in [5.74, 6) is 0.0320. The molecular weight excluding hydrogens is 260 g/mol. The third-order valence-electron chi connectivity index (χ3n) is 3.52. The van der Waals surface area contributed by atoms with E-state index in [1.165, 1.54) is 5.56 Å². The predicted molar refractivity (Wildman–Crippen MR) is 87.7 cm³/mol. The van der Waals surface area contributed by atoms with Crippen molar-refractivity contribution in [3.05, 3.63) is 64.7 Å². The number of rotatable bonds is 4. The number of hydrogen-bond donors (Lipinski definition) is 1. The summed E-state index contributed by atoms with van der Waals surface area (Å²) in [5.41, 5.74) is 5.01. The topological polar surface area (TPSA) is 32.3 Å². The highest BCUT2D eigenvalue weighted by Gasteiger charge is 2.16. The molecule has 0 radical (unpaired) electrons. The zero-order chi connectivity index (χ0) is 15.4. The molecule has 2 rings (SSSR count). The number of carbonyl (C=O) groups excluding carboxylic acids is 1. The molecule has 110 valence electrons. The van der Waals surface area contributed by atoms with Gasteiger partial charge in [-0.15, -0.1) is 0 Å². The van der Waals surface area contributed by atoms with Crippen molar-refractivity contribution < 1.29 is 4.79 Å². The maximum atomic E-state index is 12.7. The van der Waals surface area contributed by atoms with Gasteiger partial charge in [-0.2, -0.15) is 0 Å². The lowest BCUT2D eigenvalue weighted by Crippen LogP contribution is -2.27. The molecule has 2 aromatic carbocycles. The lowest BCUT2D eigenvalue weighted by atomic mass is 10.1. The minimum absolute atomic E-state index is 0.0320. The van der Waals surface area contributed by atoms with Gasteiger partial charge >= 0.3 is 0 Å². The second-order valence-electron chi connectivity index (χ2n) is 5.45. The number of anilines is 1. The van der Waals surface area contributed by atoms with Crippen molar-refractivity contribution in [2.45, 2.75) is 20.4 Å². The fourth-order valence-electron chi connectivity index (χ4n) is 2.41. The summed E-state index contributed by atoms with van der Waals surface area (Å²) < 4.78 is 0. The van der Waals surface area contributed by atoms with Crippen LogP contribution in [0.1, 0.15) is 27.0 Å². The summed E-state index contributed by atoms with van der Waals surface area (Å²) in [5, 5.41) is 3.08. The van der Waals surface area contributed by atoms with E-state index in [1.807, 2.05) is 51.4 Å². The summed E-state index contributed by atoms with van der Waals surface area (Å²) >= 11 is 0. The average Bonchev–Trinajstić information content (AvgIpc) is 2.46. The second-order valence-corrected chi connectivity index (χ2v) is 5.45. The van der Waals surface area contributed by atoms with E-state index in [9.17, 15) is 4.79 Å². The smallest absolute Gasteiger partial charge is 0.256 e. The van der Waals surface area contributed by atoms with Crippen LogP contribution in [-0.4, -0.2) is 24.9 Å². The van der Waals surface area contributed by atoms with Crippen molar-refractivity contribution in [2.75, 3.05) is 19.4 Å². The Morgan fingerprint density at radius 3 is 2.48 bits per heavy atom. The van der Waals surface area contributed by atoms with E-state index in [0.29, 0.717) is 12.1 Å². The fraction of sp³-hybridized carbons (Fsp3) is 0.278. The summed E-state index contributed by atoms with van der Waals surface area (Å²) in [7, 11) is 3.68. The molecule has 1 N–H and O–H groups in total. The zero-order valence-electron chi connectivity index (χ0n) is 13.1. The van der Waals surface area contributed by atoms with E-state index in [-0.39, 0.29) is 5.91 Å². The van der Waals surface area contributed by atoms with Gasteiger partial charge in [0, 0.05) is 26.3 Å². The van der Waals surface area contributed by atoms with Crippen LogP contribution in [0, 0.1) is 13.8 Å². The number of aryl methyl sites for hydroxylation is 2. The van der Waals surface area contributed by atoms with E-state index >= 15 is 0 Å². The highest BCUT2D eigenvalue weighted by atomic mass is 16.2. The molecule has 1 amide bonds. The van der Waals surface area contributed by atoms with Crippen LogP contribution >= 0.6 is 0 Å². The van der Waals surface area contributed by atoms with Gasteiger partial charge in [-0.25, -0.2) is 0 Å². The van der Waals surface area contributed by atoms with Gasteiger partial charge in [-0.3, -0.25) is 4.79 Å².